The fraction of sp³-hybridized carbons (Fsp3) is 0.727. The first-order valence-electron chi connectivity index (χ1n) is 10.8. The highest BCUT2D eigenvalue weighted by Gasteiger charge is 2.57. The maximum absolute atomic E-state index is 12.2. The molecule has 1 aromatic heterocycles. The van der Waals surface area contributed by atoms with Gasteiger partial charge in [-0.25, -0.2) is 4.98 Å². The van der Waals surface area contributed by atoms with Gasteiger partial charge in [-0.3, -0.25) is 14.6 Å². The lowest BCUT2D eigenvalue weighted by atomic mass is 9.81. The van der Waals surface area contributed by atoms with E-state index in [1.807, 2.05) is 6.20 Å². The molecule has 2 saturated heterocycles. The summed E-state index contributed by atoms with van der Waals surface area (Å²) in [5.74, 6) is 1.46. The number of carbonyl (C=O) groups is 1. The second-order valence-electron chi connectivity index (χ2n) is 9.51. The molecule has 3 heterocycles. The van der Waals surface area contributed by atoms with Crippen LogP contribution in [0.1, 0.15) is 51.0 Å². The van der Waals surface area contributed by atoms with E-state index in [2.05, 4.69) is 39.7 Å². The van der Waals surface area contributed by atoms with Gasteiger partial charge in [0.25, 0.3) is 0 Å². The summed E-state index contributed by atoms with van der Waals surface area (Å²) < 4.78 is 0. The predicted molar refractivity (Wildman–Crippen MR) is 109 cm³/mol. The van der Waals surface area contributed by atoms with E-state index in [0.29, 0.717) is 13.1 Å². The Kier molecular flexibility index (Phi) is 5.61. The quantitative estimate of drug-likeness (QED) is 0.705. The second-order valence-corrected chi connectivity index (χ2v) is 9.51. The number of hydrogen-bond donors (Lipinski definition) is 2. The van der Waals surface area contributed by atoms with Gasteiger partial charge in [0, 0.05) is 63.5 Å². The van der Waals surface area contributed by atoms with Crippen LogP contribution >= 0.6 is 0 Å². The molecule has 28 heavy (non-hydrogen) atoms. The van der Waals surface area contributed by atoms with E-state index in [1.54, 1.807) is 0 Å². The molecule has 1 saturated carbocycles. The van der Waals surface area contributed by atoms with Crippen molar-refractivity contribution >= 4 is 5.97 Å². The average Bonchev–Trinajstić information content (AvgIpc) is 3.38. The number of nitrogens with one attached hydrogen (secondary N) is 1. The third kappa shape index (κ3) is 4.03. The van der Waals surface area contributed by atoms with Gasteiger partial charge in [0.1, 0.15) is 5.82 Å². The standard InChI is InChI=1S/C22H34N4O2/c1-16(2)7-8-25-11-18-12-26(15-22(18,14-25)21(27)28)13-19-10-23-20(24-19)9-17-5-3-4-6-17/h7,10,17-18H,3-6,8-9,11-15H2,1-2H3,(H,23,24)(H,27,28)/t18-,22-/m0/s1. The van der Waals surface area contributed by atoms with Crippen LogP contribution < -0.4 is 0 Å². The van der Waals surface area contributed by atoms with Gasteiger partial charge in [-0.1, -0.05) is 37.3 Å². The summed E-state index contributed by atoms with van der Waals surface area (Å²) in [5, 5.41) is 10.0. The molecular formula is C22H34N4O2. The summed E-state index contributed by atoms with van der Waals surface area (Å²) in [5.41, 5.74) is 1.79. The summed E-state index contributed by atoms with van der Waals surface area (Å²) in [6.07, 6.45) is 10.6. The van der Waals surface area contributed by atoms with Gasteiger partial charge in [-0.2, -0.15) is 0 Å². The number of likely N-dealkylation sites (tertiary alicyclic amines) is 2. The molecule has 0 unspecified atom stereocenters. The first-order chi connectivity index (χ1) is 13.4. The highest BCUT2D eigenvalue weighted by molar-refractivity contribution is 5.77. The van der Waals surface area contributed by atoms with Crippen LogP contribution in [0.5, 0.6) is 0 Å². The molecule has 3 fully saturated rings. The summed E-state index contributed by atoms with van der Waals surface area (Å²) in [6.45, 7) is 8.85. The largest absolute Gasteiger partial charge is 0.481 e. The van der Waals surface area contributed by atoms with E-state index in [0.717, 1.165) is 50.0 Å². The average molecular weight is 387 g/mol. The number of nitrogens with zero attached hydrogens (tertiary/aromatic N) is 3. The van der Waals surface area contributed by atoms with Crippen LogP contribution in [0.2, 0.25) is 0 Å². The highest BCUT2D eigenvalue weighted by atomic mass is 16.4. The van der Waals surface area contributed by atoms with E-state index in [-0.39, 0.29) is 5.92 Å². The molecule has 2 aliphatic heterocycles. The Bertz CT molecular complexity index is 733. The van der Waals surface area contributed by atoms with Crippen molar-refractivity contribution in [2.45, 2.75) is 52.5 Å². The minimum Gasteiger partial charge on any atom is -0.481 e. The van der Waals surface area contributed by atoms with Crippen LogP contribution in [0, 0.1) is 17.3 Å². The Morgan fingerprint density at radius 3 is 2.68 bits per heavy atom. The molecule has 1 aliphatic carbocycles. The molecule has 0 aromatic carbocycles. The maximum atomic E-state index is 12.2. The first-order valence-corrected chi connectivity index (χ1v) is 10.8. The van der Waals surface area contributed by atoms with Gasteiger partial charge in [-0.05, 0) is 19.8 Å². The molecule has 0 bridgehead atoms. The van der Waals surface area contributed by atoms with Gasteiger partial charge < -0.3 is 10.1 Å². The third-order valence-electron chi connectivity index (χ3n) is 6.97. The number of carboxylic acid groups (broad SMARTS) is 1. The Hall–Kier alpha value is -1.66. The number of rotatable bonds is 7. The van der Waals surface area contributed by atoms with E-state index in [9.17, 15) is 9.90 Å². The van der Waals surface area contributed by atoms with Crippen LogP contribution in [0.25, 0.3) is 0 Å². The molecule has 1 aromatic rings. The van der Waals surface area contributed by atoms with Crippen LogP contribution in [0.4, 0.5) is 0 Å². The monoisotopic (exact) mass is 386 g/mol. The normalized spacial score (nSPS) is 28.7. The molecule has 4 rings (SSSR count). The van der Waals surface area contributed by atoms with Crippen LogP contribution in [0.3, 0.4) is 0 Å². The Labute approximate surface area is 168 Å². The van der Waals surface area contributed by atoms with Crippen molar-refractivity contribution in [3.05, 3.63) is 29.4 Å². The lowest BCUT2D eigenvalue weighted by molar-refractivity contribution is -0.148. The molecule has 154 valence electrons. The first kappa shape index (κ1) is 19.6. The summed E-state index contributed by atoms with van der Waals surface area (Å²) in [6, 6.07) is 0. The van der Waals surface area contributed by atoms with Gasteiger partial charge in [0.05, 0.1) is 5.41 Å². The van der Waals surface area contributed by atoms with E-state index in [1.165, 1.54) is 31.3 Å². The summed E-state index contributed by atoms with van der Waals surface area (Å²) in [4.78, 5) is 24.9. The van der Waals surface area contributed by atoms with E-state index in [4.69, 9.17) is 0 Å². The maximum Gasteiger partial charge on any atom is 0.312 e. The van der Waals surface area contributed by atoms with Crippen molar-refractivity contribution < 1.29 is 9.90 Å². The lowest BCUT2D eigenvalue weighted by Crippen LogP contribution is -2.40. The topological polar surface area (TPSA) is 72.5 Å². The minimum absolute atomic E-state index is 0.205. The number of imidazole rings is 1. The van der Waals surface area contributed by atoms with Crippen molar-refractivity contribution in [2.75, 3.05) is 32.7 Å². The molecule has 3 aliphatic rings. The number of aliphatic carboxylic acids is 1. The fourth-order valence-electron chi connectivity index (χ4n) is 5.47. The van der Waals surface area contributed by atoms with E-state index < -0.39 is 11.4 Å². The van der Waals surface area contributed by atoms with Gasteiger partial charge in [0.15, 0.2) is 0 Å². The lowest BCUT2D eigenvalue weighted by Gasteiger charge is -2.25. The van der Waals surface area contributed by atoms with Crippen molar-refractivity contribution in [3.8, 4) is 0 Å². The van der Waals surface area contributed by atoms with Gasteiger partial charge >= 0.3 is 5.97 Å². The van der Waals surface area contributed by atoms with Gasteiger partial charge in [-0.15, -0.1) is 0 Å². The van der Waals surface area contributed by atoms with Crippen molar-refractivity contribution in [1.29, 1.82) is 0 Å². The van der Waals surface area contributed by atoms with Crippen LogP contribution in [0.15, 0.2) is 17.8 Å². The van der Waals surface area contributed by atoms with Crippen molar-refractivity contribution in [2.24, 2.45) is 17.3 Å². The number of H-pyrrole nitrogens is 1. The molecule has 0 spiro atoms. The van der Waals surface area contributed by atoms with Gasteiger partial charge in [0.2, 0.25) is 0 Å². The molecule has 0 radical (unpaired) electrons. The zero-order chi connectivity index (χ0) is 19.7. The number of allylic oxidation sites excluding steroid dienone is 1. The van der Waals surface area contributed by atoms with Crippen molar-refractivity contribution in [3.63, 3.8) is 0 Å². The minimum atomic E-state index is -0.633. The molecule has 2 atom stereocenters. The highest BCUT2D eigenvalue weighted by Crippen LogP contribution is 2.43. The van der Waals surface area contributed by atoms with E-state index >= 15 is 0 Å². The Balaban J connectivity index is 1.36. The Morgan fingerprint density at radius 1 is 1.29 bits per heavy atom. The van der Waals surface area contributed by atoms with Crippen molar-refractivity contribution in [1.82, 2.24) is 19.8 Å². The molecule has 0 amide bonds. The molecule has 2 N–H and O–H groups in total. The number of aromatic nitrogens is 2. The smallest absolute Gasteiger partial charge is 0.312 e. The molecular weight excluding hydrogens is 352 g/mol. The number of carboxylic acids is 1. The number of aromatic amines is 1. The zero-order valence-corrected chi connectivity index (χ0v) is 17.3. The van der Waals surface area contributed by atoms with Crippen LogP contribution in [-0.4, -0.2) is 63.6 Å². The second kappa shape index (κ2) is 7.99. The number of fused-ring (bicyclic) bond motifs is 1. The SMILES string of the molecule is CC(C)=CCN1C[C@H]2CN(Cc3cnc(CC4CCCC4)[nH]3)C[C@@]2(C(=O)O)C1. The molecule has 6 nitrogen and oxygen atoms in total. The third-order valence-corrected chi connectivity index (χ3v) is 6.97. The number of hydrogen-bond acceptors (Lipinski definition) is 4. The molecule has 6 heteroatoms. The zero-order valence-electron chi connectivity index (χ0n) is 17.3. The summed E-state index contributed by atoms with van der Waals surface area (Å²) in [7, 11) is 0. The predicted octanol–water partition coefficient (Wildman–Crippen LogP) is 2.93. The summed E-state index contributed by atoms with van der Waals surface area (Å²) >= 11 is 0. The Morgan fingerprint density at radius 2 is 2.00 bits per heavy atom. The fourth-order valence-corrected chi connectivity index (χ4v) is 5.47. The van der Waals surface area contributed by atoms with Crippen LogP contribution in [-0.2, 0) is 17.8 Å².